The fourth-order valence-corrected chi connectivity index (χ4v) is 1.73. The van der Waals surface area contributed by atoms with E-state index in [9.17, 15) is 9.90 Å². The van der Waals surface area contributed by atoms with Crippen molar-refractivity contribution in [2.75, 3.05) is 21.0 Å². The van der Waals surface area contributed by atoms with Crippen molar-refractivity contribution in [2.24, 2.45) is 0 Å². The number of aliphatic hydroxyl groups excluding tert-OH is 1. The fourth-order valence-electron chi connectivity index (χ4n) is 1.73. The molecule has 0 saturated carbocycles. The van der Waals surface area contributed by atoms with E-state index in [2.05, 4.69) is 0 Å². The van der Waals surface area contributed by atoms with E-state index in [4.69, 9.17) is 24.1 Å². The summed E-state index contributed by atoms with van der Waals surface area (Å²) in [5.41, 5.74) is 0.0473. The van der Waals surface area contributed by atoms with Gasteiger partial charge in [0.15, 0.2) is 17.6 Å². The maximum Gasteiger partial charge on any atom is 0.337 e. The van der Waals surface area contributed by atoms with E-state index in [1.54, 1.807) is 0 Å². The van der Waals surface area contributed by atoms with E-state index in [-0.39, 0.29) is 29.6 Å². The summed E-state index contributed by atoms with van der Waals surface area (Å²) in [5, 5.41) is 18.5. The number of carbonyl (C=O) groups is 1. The number of aliphatic carboxylic acids is 1. The molecular formula is C11H12O7. The van der Waals surface area contributed by atoms with Crippen molar-refractivity contribution < 1.29 is 34.0 Å². The molecule has 1 aliphatic rings. The lowest BCUT2D eigenvalue weighted by Gasteiger charge is -2.15. The predicted octanol–water partition coefficient (Wildman–Crippen LogP) is 0.550. The Balaban J connectivity index is 2.62. The molecule has 1 aromatic carbocycles. The Morgan fingerprint density at radius 3 is 2.56 bits per heavy atom. The largest absolute Gasteiger partial charge is 0.493 e. The molecular weight excluding hydrogens is 244 g/mol. The summed E-state index contributed by atoms with van der Waals surface area (Å²) in [4.78, 5) is 10.8. The molecule has 18 heavy (non-hydrogen) atoms. The third-order valence-electron chi connectivity index (χ3n) is 2.54. The number of carboxylic acids is 1. The standard InChI is InChI=1S/C11H12O7/c1-15-6-3-5(7(12)11(13)14)8(16-2)10-9(6)17-4-18-10/h3,7,12H,4H2,1-2H3,(H,13,14)/t7-/m0/s1. The van der Waals surface area contributed by atoms with E-state index in [0.29, 0.717) is 5.75 Å². The molecule has 1 heterocycles. The molecule has 0 bridgehead atoms. The topological polar surface area (TPSA) is 94.5 Å². The molecule has 0 amide bonds. The van der Waals surface area contributed by atoms with Gasteiger partial charge in [-0.2, -0.15) is 0 Å². The lowest BCUT2D eigenvalue weighted by atomic mass is 10.1. The number of rotatable bonds is 4. The summed E-state index contributed by atoms with van der Waals surface area (Å²) in [7, 11) is 2.75. The van der Waals surface area contributed by atoms with E-state index < -0.39 is 12.1 Å². The Bertz CT molecular complexity index is 483. The van der Waals surface area contributed by atoms with Gasteiger partial charge in [0.05, 0.1) is 14.2 Å². The van der Waals surface area contributed by atoms with Crippen LogP contribution in [0.3, 0.4) is 0 Å². The summed E-state index contributed by atoms with van der Waals surface area (Å²) in [5.74, 6) is -0.436. The Kier molecular flexibility index (Phi) is 3.15. The molecule has 1 aromatic rings. The normalized spacial score (nSPS) is 14.2. The summed E-state index contributed by atoms with van der Waals surface area (Å²) in [6, 6.07) is 1.35. The lowest BCUT2D eigenvalue weighted by molar-refractivity contribution is -0.147. The first-order valence-electron chi connectivity index (χ1n) is 5.05. The number of fused-ring (bicyclic) bond motifs is 1. The van der Waals surface area contributed by atoms with Crippen LogP contribution >= 0.6 is 0 Å². The van der Waals surface area contributed by atoms with E-state index in [1.807, 2.05) is 0 Å². The zero-order valence-corrected chi connectivity index (χ0v) is 9.80. The first-order chi connectivity index (χ1) is 8.60. The predicted molar refractivity (Wildman–Crippen MR) is 58.3 cm³/mol. The second-order valence-corrected chi connectivity index (χ2v) is 3.51. The van der Waals surface area contributed by atoms with Crippen molar-refractivity contribution in [1.29, 1.82) is 0 Å². The monoisotopic (exact) mass is 256 g/mol. The number of carboxylic acid groups (broad SMARTS) is 1. The van der Waals surface area contributed by atoms with Gasteiger partial charge in [-0.3, -0.25) is 0 Å². The fraction of sp³-hybridized carbons (Fsp3) is 0.364. The van der Waals surface area contributed by atoms with Crippen LogP contribution in [-0.4, -0.2) is 37.2 Å². The highest BCUT2D eigenvalue weighted by Gasteiger charge is 2.31. The van der Waals surface area contributed by atoms with Crippen LogP contribution in [0.1, 0.15) is 11.7 Å². The van der Waals surface area contributed by atoms with Gasteiger partial charge in [-0.1, -0.05) is 0 Å². The molecule has 7 nitrogen and oxygen atoms in total. The number of methoxy groups -OCH3 is 2. The van der Waals surface area contributed by atoms with E-state index in [0.717, 1.165) is 0 Å². The second-order valence-electron chi connectivity index (χ2n) is 3.51. The molecule has 1 atom stereocenters. The molecule has 98 valence electrons. The smallest absolute Gasteiger partial charge is 0.337 e. The summed E-state index contributed by atoms with van der Waals surface area (Å²) in [6.07, 6.45) is -1.73. The van der Waals surface area contributed by atoms with Crippen molar-refractivity contribution in [3.63, 3.8) is 0 Å². The van der Waals surface area contributed by atoms with Crippen LogP contribution < -0.4 is 18.9 Å². The van der Waals surface area contributed by atoms with Gasteiger partial charge in [0, 0.05) is 5.56 Å². The van der Waals surface area contributed by atoms with Crippen molar-refractivity contribution in [2.45, 2.75) is 6.10 Å². The molecule has 2 N–H and O–H groups in total. The maximum absolute atomic E-state index is 10.8. The van der Waals surface area contributed by atoms with Gasteiger partial charge in [-0.15, -0.1) is 0 Å². The van der Waals surface area contributed by atoms with Crippen molar-refractivity contribution in [1.82, 2.24) is 0 Å². The van der Waals surface area contributed by atoms with Crippen LogP contribution in [0.5, 0.6) is 23.0 Å². The minimum Gasteiger partial charge on any atom is -0.493 e. The van der Waals surface area contributed by atoms with Gasteiger partial charge >= 0.3 is 5.97 Å². The number of aliphatic hydroxyl groups is 1. The second kappa shape index (κ2) is 4.61. The molecule has 0 fully saturated rings. The molecule has 0 spiro atoms. The van der Waals surface area contributed by atoms with Crippen LogP contribution in [-0.2, 0) is 4.79 Å². The SMILES string of the molecule is COc1cc([C@H](O)C(=O)O)c(OC)c2c1OCO2. The van der Waals surface area contributed by atoms with Crippen molar-refractivity contribution in [3.8, 4) is 23.0 Å². The van der Waals surface area contributed by atoms with Crippen molar-refractivity contribution in [3.05, 3.63) is 11.6 Å². The Labute approximate surface area is 102 Å². The molecule has 2 rings (SSSR count). The molecule has 7 heteroatoms. The highest BCUT2D eigenvalue weighted by Crippen LogP contribution is 2.50. The first kappa shape index (κ1) is 12.3. The first-order valence-corrected chi connectivity index (χ1v) is 5.05. The Morgan fingerprint density at radius 2 is 2.00 bits per heavy atom. The van der Waals surface area contributed by atoms with Gasteiger partial charge < -0.3 is 29.2 Å². The minimum atomic E-state index is -1.73. The molecule has 0 unspecified atom stereocenters. The molecule has 0 aliphatic carbocycles. The van der Waals surface area contributed by atoms with Crippen LogP contribution in [0.15, 0.2) is 6.07 Å². The number of benzene rings is 1. The molecule has 1 aliphatic heterocycles. The molecule has 0 aromatic heterocycles. The lowest BCUT2D eigenvalue weighted by Crippen LogP contribution is -2.12. The van der Waals surface area contributed by atoms with Gasteiger partial charge in [-0.25, -0.2) is 4.79 Å². The summed E-state index contributed by atoms with van der Waals surface area (Å²) >= 11 is 0. The minimum absolute atomic E-state index is 0.0192. The zero-order valence-electron chi connectivity index (χ0n) is 9.80. The average Bonchev–Trinajstić information content (AvgIpc) is 2.84. The van der Waals surface area contributed by atoms with E-state index in [1.165, 1.54) is 20.3 Å². The van der Waals surface area contributed by atoms with E-state index >= 15 is 0 Å². The van der Waals surface area contributed by atoms with Crippen LogP contribution in [0, 0.1) is 0 Å². The maximum atomic E-state index is 10.8. The Hall–Kier alpha value is -2.15. The van der Waals surface area contributed by atoms with Crippen LogP contribution in [0.25, 0.3) is 0 Å². The zero-order chi connectivity index (χ0) is 13.3. The number of hydrogen-bond acceptors (Lipinski definition) is 6. The van der Waals surface area contributed by atoms with Crippen LogP contribution in [0.2, 0.25) is 0 Å². The van der Waals surface area contributed by atoms with Crippen LogP contribution in [0.4, 0.5) is 0 Å². The molecule has 0 radical (unpaired) electrons. The van der Waals surface area contributed by atoms with Gasteiger partial charge in [0.2, 0.25) is 18.3 Å². The number of ether oxygens (including phenoxy) is 4. The highest BCUT2D eigenvalue weighted by molar-refractivity contribution is 5.78. The third-order valence-corrected chi connectivity index (χ3v) is 2.54. The Morgan fingerprint density at radius 1 is 1.33 bits per heavy atom. The number of hydrogen-bond donors (Lipinski definition) is 2. The summed E-state index contributed by atoms with van der Waals surface area (Å²) in [6.45, 7) is -0.0192. The quantitative estimate of drug-likeness (QED) is 0.812. The van der Waals surface area contributed by atoms with Gasteiger partial charge in [-0.05, 0) is 6.07 Å². The molecule has 0 saturated heterocycles. The van der Waals surface area contributed by atoms with Gasteiger partial charge in [0.1, 0.15) is 0 Å². The average molecular weight is 256 g/mol. The summed E-state index contributed by atoms with van der Waals surface area (Å²) < 4.78 is 20.5. The van der Waals surface area contributed by atoms with Gasteiger partial charge in [0.25, 0.3) is 0 Å². The third kappa shape index (κ3) is 1.78. The highest BCUT2D eigenvalue weighted by atomic mass is 16.7. The van der Waals surface area contributed by atoms with Crippen molar-refractivity contribution >= 4 is 5.97 Å².